The standard InChI is InChI=1S/C24H34ClN3O2/c1-5-7-17-12-13-19(20(14-17)30-4)23-21(25)22(27-28(23)6-2)24(29)26-15-18-10-8-16(3)9-11-18/h12-14,16,18H,5-11,15H2,1-4H3,(H,26,29). The van der Waals surface area contributed by atoms with Gasteiger partial charge < -0.3 is 10.1 Å². The van der Waals surface area contributed by atoms with Gasteiger partial charge in [0, 0.05) is 18.7 Å². The number of carbonyl (C=O) groups excluding carboxylic acids is 1. The van der Waals surface area contributed by atoms with Crippen molar-refractivity contribution < 1.29 is 9.53 Å². The number of rotatable bonds is 8. The zero-order valence-electron chi connectivity index (χ0n) is 18.6. The van der Waals surface area contributed by atoms with Crippen LogP contribution in [0.25, 0.3) is 11.3 Å². The number of nitrogens with one attached hydrogen (secondary N) is 1. The van der Waals surface area contributed by atoms with Gasteiger partial charge in [-0.1, -0.05) is 50.8 Å². The number of carbonyl (C=O) groups is 1. The van der Waals surface area contributed by atoms with Crippen LogP contribution in [0.1, 0.15) is 68.9 Å². The van der Waals surface area contributed by atoms with Crippen molar-refractivity contribution in [1.29, 1.82) is 0 Å². The molecule has 0 unspecified atom stereocenters. The molecule has 1 fully saturated rings. The molecule has 0 atom stereocenters. The maximum atomic E-state index is 12.9. The van der Waals surface area contributed by atoms with Crippen molar-refractivity contribution in [3.8, 4) is 17.0 Å². The highest BCUT2D eigenvalue weighted by molar-refractivity contribution is 6.36. The van der Waals surface area contributed by atoms with Gasteiger partial charge in [-0.05, 0) is 55.7 Å². The van der Waals surface area contributed by atoms with Crippen LogP contribution in [-0.4, -0.2) is 29.3 Å². The maximum Gasteiger partial charge on any atom is 0.273 e. The number of halogens is 1. The summed E-state index contributed by atoms with van der Waals surface area (Å²) in [5.41, 5.74) is 3.10. The first kappa shape index (κ1) is 22.7. The van der Waals surface area contributed by atoms with Gasteiger partial charge in [-0.3, -0.25) is 9.48 Å². The normalized spacial score (nSPS) is 19.0. The number of aromatic nitrogens is 2. The third-order valence-electron chi connectivity index (χ3n) is 6.16. The van der Waals surface area contributed by atoms with Gasteiger partial charge in [0.1, 0.15) is 5.75 Å². The number of benzene rings is 1. The number of hydrogen-bond donors (Lipinski definition) is 1. The van der Waals surface area contributed by atoms with E-state index in [1.807, 2.05) is 19.1 Å². The minimum Gasteiger partial charge on any atom is -0.496 e. The molecule has 1 aliphatic carbocycles. The molecule has 1 aliphatic rings. The third-order valence-corrected chi connectivity index (χ3v) is 6.51. The predicted octanol–water partition coefficient (Wildman–Crippen LogP) is 5.74. The molecule has 5 nitrogen and oxygen atoms in total. The summed E-state index contributed by atoms with van der Waals surface area (Å²) in [4.78, 5) is 12.9. The summed E-state index contributed by atoms with van der Waals surface area (Å²) in [5.74, 6) is 1.89. The van der Waals surface area contributed by atoms with E-state index < -0.39 is 0 Å². The third kappa shape index (κ3) is 5.00. The lowest BCUT2D eigenvalue weighted by Gasteiger charge is -2.26. The highest BCUT2D eigenvalue weighted by Crippen LogP contribution is 2.37. The second kappa shape index (κ2) is 10.3. The highest BCUT2D eigenvalue weighted by atomic mass is 35.5. The maximum absolute atomic E-state index is 12.9. The Morgan fingerprint density at radius 3 is 2.63 bits per heavy atom. The van der Waals surface area contributed by atoms with Crippen molar-refractivity contribution >= 4 is 17.5 Å². The largest absolute Gasteiger partial charge is 0.496 e. The first-order chi connectivity index (χ1) is 14.5. The number of ether oxygens (including phenoxy) is 1. The van der Waals surface area contributed by atoms with Crippen molar-refractivity contribution in [2.75, 3.05) is 13.7 Å². The zero-order valence-corrected chi connectivity index (χ0v) is 19.4. The van der Waals surface area contributed by atoms with Crippen molar-refractivity contribution in [2.45, 2.75) is 65.8 Å². The molecule has 6 heteroatoms. The van der Waals surface area contributed by atoms with E-state index in [0.29, 0.717) is 24.0 Å². The molecule has 1 aromatic carbocycles. The summed E-state index contributed by atoms with van der Waals surface area (Å²) >= 11 is 6.71. The minimum atomic E-state index is -0.200. The lowest BCUT2D eigenvalue weighted by molar-refractivity contribution is 0.0936. The van der Waals surface area contributed by atoms with Crippen LogP contribution in [0.3, 0.4) is 0 Å². The Bertz CT molecular complexity index is 870. The van der Waals surface area contributed by atoms with Gasteiger partial charge in [-0.15, -0.1) is 0 Å². The van der Waals surface area contributed by atoms with Crippen LogP contribution in [0.5, 0.6) is 5.75 Å². The summed E-state index contributed by atoms with van der Waals surface area (Å²) < 4.78 is 7.43. The Kier molecular flexibility index (Phi) is 7.81. The number of methoxy groups -OCH3 is 1. The molecule has 3 rings (SSSR count). The van der Waals surface area contributed by atoms with Crippen LogP contribution in [0.2, 0.25) is 5.02 Å². The van der Waals surface area contributed by atoms with Gasteiger partial charge in [0.25, 0.3) is 5.91 Å². The lowest BCUT2D eigenvalue weighted by atomic mass is 9.83. The van der Waals surface area contributed by atoms with Crippen LogP contribution < -0.4 is 10.1 Å². The summed E-state index contributed by atoms with van der Waals surface area (Å²) in [6.07, 6.45) is 6.88. The highest BCUT2D eigenvalue weighted by Gasteiger charge is 2.25. The molecular formula is C24H34ClN3O2. The minimum absolute atomic E-state index is 0.200. The molecule has 0 aliphatic heterocycles. The van der Waals surface area contributed by atoms with E-state index in [0.717, 1.165) is 35.8 Å². The van der Waals surface area contributed by atoms with E-state index in [9.17, 15) is 4.79 Å². The molecule has 30 heavy (non-hydrogen) atoms. The summed E-state index contributed by atoms with van der Waals surface area (Å²) in [6.45, 7) is 7.75. The Hall–Kier alpha value is -2.01. The van der Waals surface area contributed by atoms with Gasteiger partial charge in [0.2, 0.25) is 0 Å². The zero-order chi connectivity index (χ0) is 21.7. The van der Waals surface area contributed by atoms with Gasteiger partial charge in [0.15, 0.2) is 5.69 Å². The quantitative estimate of drug-likeness (QED) is 0.579. The first-order valence-electron chi connectivity index (χ1n) is 11.2. The Labute approximate surface area is 185 Å². The summed E-state index contributed by atoms with van der Waals surface area (Å²) in [7, 11) is 1.66. The van der Waals surface area contributed by atoms with E-state index in [2.05, 4.69) is 30.3 Å². The Balaban J connectivity index is 1.83. The summed E-state index contributed by atoms with van der Waals surface area (Å²) in [6, 6.07) is 6.16. The topological polar surface area (TPSA) is 56.2 Å². The van der Waals surface area contributed by atoms with Crippen molar-refractivity contribution in [3.63, 3.8) is 0 Å². The Morgan fingerprint density at radius 1 is 1.27 bits per heavy atom. The molecule has 164 valence electrons. The van der Waals surface area contributed by atoms with Crippen molar-refractivity contribution in [3.05, 3.63) is 34.5 Å². The molecule has 0 spiro atoms. The van der Waals surface area contributed by atoms with E-state index in [1.54, 1.807) is 11.8 Å². The molecule has 1 heterocycles. The molecule has 0 bridgehead atoms. The first-order valence-corrected chi connectivity index (χ1v) is 11.6. The molecule has 1 aromatic heterocycles. The van der Waals surface area contributed by atoms with Crippen molar-refractivity contribution in [2.24, 2.45) is 11.8 Å². The van der Waals surface area contributed by atoms with Crippen LogP contribution in [-0.2, 0) is 13.0 Å². The molecule has 0 radical (unpaired) electrons. The van der Waals surface area contributed by atoms with E-state index in [-0.39, 0.29) is 11.6 Å². The van der Waals surface area contributed by atoms with Gasteiger partial charge in [-0.25, -0.2) is 0 Å². The fourth-order valence-electron chi connectivity index (χ4n) is 4.30. The number of nitrogens with zero attached hydrogens (tertiary/aromatic N) is 2. The molecule has 1 saturated carbocycles. The second-order valence-electron chi connectivity index (χ2n) is 8.45. The molecular weight excluding hydrogens is 398 g/mol. The van der Waals surface area contributed by atoms with E-state index in [4.69, 9.17) is 16.3 Å². The van der Waals surface area contributed by atoms with E-state index >= 15 is 0 Å². The SMILES string of the molecule is CCCc1ccc(-c2c(Cl)c(C(=O)NCC3CCC(C)CC3)nn2CC)c(OC)c1. The predicted molar refractivity (Wildman–Crippen MR) is 122 cm³/mol. The van der Waals surface area contributed by atoms with Gasteiger partial charge >= 0.3 is 0 Å². The van der Waals surface area contributed by atoms with Crippen LogP contribution in [0.4, 0.5) is 0 Å². The molecule has 1 amide bonds. The van der Waals surface area contributed by atoms with Gasteiger partial charge in [-0.2, -0.15) is 5.10 Å². The van der Waals surface area contributed by atoms with Gasteiger partial charge in [0.05, 0.1) is 17.8 Å². The van der Waals surface area contributed by atoms with Crippen LogP contribution in [0, 0.1) is 11.8 Å². The average Bonchev–Trinajstić information content (AvgIpc) is 3.09. The van der Waals surface area contributed by atoms with Crippen LogP contribution >= 0.6 is 11.6 Å². The average molecular weight is 432 g/mol. The second-order valence-corrected chi connectivity index (χ2v) is 8.83. The number of hydrogen-bond acceptors (Lipinski definition) is 3. The lowest BCUT2D eigenvalue weighted by Crippen LogP contribution is -2.31. The summed E-state index contributed by atoms with van der Waals surface area (Å²) in [5, 5.41) is 7.98. The molecule has 1 N–H and O–H groups in total. The monoisotopic (exact) mass is 431 g/mol. The number of amides is 1. The van der Waals surface area contributed by atoms with Crippen molar-refractivity contribution in [1.82, 2.24) is 15.1 Å². The molecule has 2 aromatic rings. The fraction of sp³-hybridized carbons (Fsp3) is 0.583. The molecule has 0 saturated heterocycles. The smallest absolute Gasteiger partial charge is 0.273 e. The number of aryl methyl sites for hydroxylation is 2. The van der Waals surface area contributed by atoms with Crippen LogP contribution in [0.15, 0.2) is 18.2 Å². The van der Waals surface area contributed by atoms with E-state index in [1.165, 1.54) is 31.2 Å². The fourth-order valence-corrected chi connectivity index (χ4v) is 4.62. The Morgan fingerprint density at radius 2 is 2.00 bits per heavy atom.